The third-order valence-electron chi connectivity index (χ3n) is 4.45. The standard InChI is InChI=1S/C22H13F4N/c23-18-16-11-15(13-7-3-1-4-8-13)12-17(14-9-5-2-6-10-14)27-22(16)21(26)20(25)19(18)24/h1-11H,12H2. The molecule has 1 aliphatic heterocycles. The highest BCUT2D eigenvalue weighted by atomic mass is 19.2. The molecule has 1 heterocycles. The minimum absolute atomic E-state index is 0.255. The molecule has 0 atom stereocenters. The summed E-state index contributed by atoms with van der Waals surface area (Å²) in [7, 11) is 0. The van der Waals surface area contributed by atoms with Gasteiger partial charge in [0.15, 0.2) is 23.3 Å². The van der Waals surface area contributed by atoms with E-state index >= 15 is 0 Å². The third kappa shape index (κ3) is 3.05. The quantitative estimate of drug-likeness (QED) is 0.286. The summed E-state index contributed by atoms with van der Waals surface area (Å²) in [6, 6.07) is 18.0. The monoisotopic (exact) mass is 367 g/mol. The molecule has 0 unspecified atom stereocenters. The first kappa shape index (κ1) is 17.2. The van der Waals surface area contributed by atoms with Crippen molar-refractivity contribution in [1.29, 1.82) is 0 Å². The maximum atomic E-state index is 14.4. The summed E-state index contributed by atoms with van der Waals surface area (Å²) in [6.45, 7) is 0. The second-order valence-electron chi connectivity index (χ2n) is 6.16. The third-order valence-corrected chi connectivity index (χ3v) is 4.45. The molecule has 0 N–H and O–H groups in total. The van der Waals surface area contributed by atoms with Crippen LogP contribution in [0.5, 0.6) is 0 Å². The van der Waals surface area contributed by atoms with Crippen LogP contribution in [0.4, 0.5) is 23.2 Å². The first-order chi connectivity index (χ1) is 13.1. The van der Waals surface area contributed by atoms with Gasteiger partial charge in [-0.05, 0) is 22.8 Å². The molecule has 1 aliphatic rings. The number of hydrogen-bond donors (Lipinski definition) is 0. The van der Waals surface area contributed by atoms with Gasteiger partial charge in [0.2, 0.25) is 0 Å². The van der Waals surface area contributed by atoms with Crippen molar-refractivity contribution >= 4 is 23.0 Å². The van der Waals surface area contributed by atoms with Gasteiger partial charge in [-0.1, -0.05) is 60.7 Å². The van der Waals surface area contributed by atoms with Crippen LogP contribution >= 0.6 is 0 Å². The fraction of sp³-hybridized carbons (Fsp3) is 0.0455. The zero-order valence-electron chi connectivity index (χ0n) is 14.0. The van der Waals surface area contributed by atoms with E-state index in [1.54, 1.807) is 24.3 Å². The molecule has 5 heteroatoms. The van der Waals surface area contributed by atoms with E-state index in [2.05, 4.69) is 4.99 Å². The average molecular weight is 367 g/mol. The van der Waals surface area contributed by atoms with Gasteiger partial charge in [-0.25, -0.2) is 22.6 Å². The Morgan fingerprint density at radius 1 is 0.630 bits per heavy atom. The maximum Gasteiger partial charge on any atom is 0.199 e. The lowest BCUT2D eigenvalue weighted by Crippen LogP contribution is -2.02. The van der Waals surface area contributed by atoms with E-state index in [-0.39, 0.29) is 6.42 Å². The molecule has 0 aliphatic carbocycles. The summed E-state index contributed by atoms with van der Waals surface area (Å²) in [5, 5.41) is 0. The zero-order valence-corrected chi connectivity index (χ0v) is 14.0. The van der Waals surface area contributed by atoms with Crippen molar-refractivity contribution in [1.82, 2.24) is 0 Å². The lowest BCUT2D eigenvalue weighted by molar-refractivity contribution is 0.409. The van der Waals surface area contributed by atoms with E-state index in [1.807, 2.05) is 36.4 Å². The summed E-state index contributed by atoms with van der Waals surface area (Å²) in [4.78, 5) is 4.19. The zero-order chi connectivity index (χ0) is 19.0. The molecule has 1 nitrogen and oxygen atoms in total. The lowest BCUT2D eigenvalue weighted by Gasteiger charge is -2.09. The van der Waals surface area contributed by atoms with Crippen LogP contribution in [-0.4, -0.2) is 5.71 Å². The van der Waals surface area contributed by atoms with Crippen LogP contribution in [0, 0.1) is 23.3 Å². The molecule has 0 aromatic heterocycles. The van der Waals surface area contributed by atoms with Crippen molar-refractivity contribution in [3.8, 4) is 0 Å². The van der Waals surface area contributed by atoms with Crippen molar-refractivity contribution in [3.63, 3.8) is 0 Å². The van der Waals surface area contributed by atoms with Crippen LogP contribution in [0.1, 0.15) is 23.1 Å². The van der Waals surface area contributed by atoms with Crippen LogP contribution < -0.4 is 0 Å². The van der Waals surface area contributed by atoms with Crippen molar-refractivity contribution in [3.05, 3.63) is 101 Å². The smallest absolute Gasteiger partial charge is 0.199 e. The second-order valence-corrected chi connectivity index (χ2v) is 6.16. The Bertz CT molecular complexity index is 984. The molecule has 0 fully saturated rings. The van der Waals surface area contributed by atoms with Crippen molar-refractivity contribution in [2.75, 3.05) is 0 Å². The van der Waals surface area contributed by atoms with Gasteiger partial charge in [0, 0.05) is 12.0 Å². The minimum atomic E-state index is -1.86. The molecule has 0 radical (unpaired) electrons. The van der Waals surface area contributed by atoms with E-state index in [1.165, 1.54) is 6.08 Å². The van der Waals surface area contributed by atoms with Gasteiger partial charge in [-0.3, -0.25) is 0 Å². The van der Waals surface area contributed by atoms with Crippen molar-refractivity contribution < 1.29 is 17.6 Å². The minimum Gasteiger partial charge on any atom is -0.249 e. The molecule has 3 aromatic carbocycles. The van der Waals surface area contributed by atoms with Gasteiger partial charge < -0.3 is 0 Å². The first-order valence-electron chi connectivity index (χ1n) is 8.31. The Balaban J connectivity index is 2.02. The predicted octanol–water partition coefficient (Wildman–Crippen LogP) is 6.31. The summed E-state index contributed by atoms with van der Waals surface area (Å²) in [6.07, 6.45) is 1.59. The van der Waals surface area contributed by atoms with Crippen LogP contribution in [0.25, 0.3) is 11.6 Å². The van der Waals surface area contributed by atoms with Gasteiger partial charge in [0.25, 0.3) is 0 Å². The number of hydrogen-bond acceptors (Lipinski definition) is 1. The maximum absolute atomic E-state index is 14.4. The fourth-order valence-corrected chi connectivity index (χ4v) is 3.09. The molecule has 27 heavy (non-hydrogen) atoms. The molecule has 0 saturated heterocycles. The number of rotatable bonds is 2. The lowest BCUT2D eigenvalue weighted by atomic mass is 9.95. The molecule has 0 saturated carbocycles. The largest absolute Gasteiger partial charge is 0.249 e. The molecular weight excluding hydrogens is 354 g/mol. The van der Waals surface area contributed by atoms with E-state index in [9.17, 15) is 17.6 Å². The topological polar surface area (TPSA) is 12.4 Å². The number of allylic oxidation sites excluding steroid dienone is 1. The summed E-state index contributed by atoms with van der Waals surface area (Å²) in [5.74, 6) is -6.65. The summed E-state index contributed by atoms with van der Waals surface area (Å²) in [5.41, 5.74) is 1.60. The Morgan fingerprint density at radius 3 is 1.81 bits per heavy atom. The average Bonchev–Trinajstić information content (AvgIpc) is 2.93. The normalized spacial score (nSPS) is 13.5. The highest BCUT2D eigenvalue weighted by molar-refractivity contribution is 6.11. The van der Waals surface area contributed by atoms with Gasteiger partial charge in [0.05, 0.1) is 5.71 Å². The second kappa shape index (κ2) is 6.83. The molecule has 0 spiro atoms. The van der Waals surface area contributed by atoms with Crippen LogP contribution in [0.2, 0.25) is 0 Å². The summed E-state index contributed by atoms with van der Waals surface area (Å²) >= 11 is 0. The fourth-order valence-electron chi connectivity index (χ4n) is 3.09. The Labute approximate surface area is 153 Å². The predicted molar refractivity (Wildman–Crippen MR) is 97.8 cm³/mol. The van der Waals surface area contributed by atoms with Gasteiger partial charge in [0.1, 0.15) is 5.69 Å². The number of nitrogens with zero attached hydrogens (tertiary/aromatic N) is 1. The Hall–Kier alpha value is -3.21. The first-order valence-corrected chi connectivity index (χ1v) is 8.31. The van der Waals surface area contributed by atoms with Crippen LogP contribution in [-0.2, 0) is 0 Å². The Morgan fingerprint density at radius 2 is 1.19 bits per heavy atom. The van der Waals surface area contributed by atoms with Crippen molar-refractivity contribution in [2.45, 2.75) is 6.42 Å². The SMILES string of the molecule is Fc1c(F)c(F)c2c(c1F)C=C(c1ccccc1)CC(c1ccccc1)=N2. The number of fused-ring (bicyclic) bond motifs is 1. The highest BCUT2D eigenvalue weighted by Gasteiger charge is 2.27. The van der Waals surface area contributed by atoms with Crippen LogP contribution in [0.3, 0.4) is 0 Å². The molecular formula is C22H13F4N. The van der Waals surface area contributed by atoms with E-state index in [0.717, 1.165) is 5.56 Å². The van der Waals surface area contributed by atoms with E-state index < -0.39 is 34.5 Å². The summed E-state index contributed by atoms with van der Waals surface area (Å²) < 4.78 is 56.4. The molecule has 0 amide bonds. The highest BCUT2D eigenvalue weighted by Crippen LogP contribution is 2.38. The van der Waals surface area contributed by atoms with E-state index in [0.29, 0.717) is 16.8 Å². The molecule has 3 aromatic rings. The van der Waals surface area contributed by atoms with E-state index in [4.69, 9.17) is 0 Å². The van der Waals surface area contributed by atoms with Gasteiger partial charge in [-0.2, -0.15) is 0 Å². The van der Waals surface area contributed by atoms with Crippen LogP contribution in [0.15, 0.2) is 65.7 Å². The number of benzene rings is 3. The van der Waals surface area contributed by atoms with Gasteiger partial charge in [-0.15, -0.1) is 0 Å². The molecule has 4 rings (SSSR count). The number of aliphatic imine (C=N–C) groups is 1. The number of halogens is 4. The molecule has 0 bridgehead atoms. The molecule has 134 valence electrons. The van der Waals surface area contributed by atoms with Gasteiger partial charge >= 0.3 is 0 Å². The van der Waals surface area contributed by atoms with Crippen molar-refractivity contribution in [2.24, 2.45) is 4.99 Å². The Kier molecular flexibility index (Phi) is 4.36.